The van der Waals surface area contributed by atoms with Crippen LogP contribution in [-0.4, -0.2) is 47.3 Å². The summed E-state index contributed by atoms with van der Waals surface area (Å²) in [6.07, 6.45) is -0.636. The summed E-state index contributed by atoms with van der Waals surface area (Å²) in [6, 6.07) is 0. The molecule has 0 aliphatic rings. The van der Waals surface area contributed by atoms with Crippen LogP contribution in [0.4, 0.5) is 0 Å². The highest BCUT2D eigenvalue weighted by Gasteiger charge is 2.12. The number of aliphatic hydroxyl groups excluding tert-OH is 3. The van der Waals surface area contributed by atoms with E-state index in [4.69, 9.17) is 20.1 Å². The molecule has 0 aromatic heterocycles. The van der Waals surface area contributed by atoms with Crippen LogP contribution in [0.5, 0.6) is 0 Å². The van der Waals surface area contributed by atoms with Crippen molar-refractivity contribution in [1.29, 1.82) is 0 Å². The van der Waals surface area contributed by atoms with Gasteiger partial charge in [-0.25, -0.2) is 0 Å². The fourth-order valence-electron chi connectivity index (χ4n) is 0.593. The first-order chi connectivity index (χ1) is 5.22. The average Bonchev–Trinajstić information content (AvgIpc) is 2.03. The lowest BCUT2D eigenvalue weighted by Gasteiger charge is -2.16. The van der Waals surface area contributed by atoms with Gasteiger partial charge in [0.05, 0.1) is 12.7 Å². The quantitative estimate of drug-likeness (QED) is 0.446. The molecular formula is C7H16O4. The molecule has 0 saturated carbocycles. The molecule has 0 heterocycles. The molecule has 4 heteroatoms. The molecule has 2 unspecified atom stereocenters. The van der Waals surface area contributed by atoms with Crippen LogP contribution in [0, 0.1) is 0 Å². The normalized spacial score (nSPS) is 16.4. The lowest BCUT2D eigenvalue weighted by Crippen LogP contribution is -2.29. The molecule has 0 spiro atoms. The summed E-state index contributed by atoms with van der Waals surface area (Å²) in [4.78, 5) is 0. The Labute approximate surface area is 66.4 Å². The minimum atomic E-state index is -0.825. The van der Waals surface area contributed by atoms with Crippen LogP contribution in [0.2, 0.25) is 0 Å². The maximum Gasteiger partial charge on any atom is 0.103 e. The van der Waals surface area contributed by atoms with Gasteiger partial charge in [0.15, 0.2) is 0 Å². The molecule has 0 bridgehead atoms. The van der Waals surface area contributed by atoms with E-state index in [0.29, 0.717) is 13.0 Å². The third-order valence-corrected chi connectivity index (χ3v) is 1.41. The Morgan fingerprint density at radius 3 is 2.45 bits per heavy atom. The van der Waals surface area contributed by atoms with E-state index < -0.39 is 6.10 Å². The highest BCUT2D eigenvalue weighted by atomic mass is 16.5. The lowest BCUT2D eigenvalue weighted by molar-refractivity contribution is -0.0507. The topological polar surface area (TPSA) is 69.9 Å². The van der Waals surface area contributed by atoms with Gasteiger partial charge in [-0.15, -0.1) is 0 Å². The van der Waals surface area contributed by atoms with E-state index in [-0.39, 0.29) is 19.3 Å². The maximum atomic E-state index is 8.99. The molecule has 11 heavy (non-hydrogen) atoms. The predicted molar refractivity (Wildman–Crippen MR) is 40.2 cm³/mol. The Morgan fingerprint density at radius 2 is 2.00 bits per heavy atom. The third kappa shape index (κ3) is 5.15. The molecule has 0 aromatic carbocycles. The van der Waals surface area contributed by atoms with Gasteiger partial charge in [0.2, 0.25) is 0 Å². The fourth-order valence-corrected chi connectivity index (χ4v) is 0.593. The zero-order valence-corrected chi connectivity index (χ0v) is 6.73. The van der Waals surface area contributed by atoms with E-state index in [1.165, 1.54) is 0 Å². The SMILES string of the molecule is CC(OCCCO)C(O)CO. The molecule has 0 rings (SSSR count). The van der Waals surface area contributed by atoms with Crippen molar-refractivity contribution in [2.24, 2.45) is 0 Å². The Kier molecular flexibility index (Phi) is 6.45. The van der Waals surface area contributed by atoms with Crippen LogP contribution in [0.25, 0.3) is 0 Å². The molecule has 0 aliphatic carbocycles. The molecule has 0 radical (unpaired) electrons. The van der Waals surface area contributed by atoms with Gasteiger partial charge in [-0.2, -0.15) is 0 Å². The van der Waals surface area contributed by atoms with Crippen molar-refractivity contribution >= 4 is 0 Å². The van der Waals surface area contributed by atoms with Crippen LogP contribution in [-0.2, 0) is 4.74 Å². The molecule has 3 N–H and O–H groups in total. The standard InChI is InChI=1S/C7H16O4/c1-6(7(10)5-9)11-4-2-3-8/h6-10H,2-5H2,1H3. The molecular weight excluding hydrogens is 148 g/mol. The summed E-state index contributed by atoms with van der Waals surface area (Å²) < 4.78 is 5.07. The van der Waals surface area contributed by atoms with E-state index in [2.05, 4.69) is 0 Å². The van der Waals surface area contributed by atoms with Crippen molar-refractivity contribution in [2.45, 2.75) is 25.6 Å². The van der Waals surface area contributed by atoms with Gasteiger partial charge >= 0.3 is 0 Å². The van der Waals surface area contributed by atoms with E-state index in [1.807, 2.05) is 0 Å². The Balaban J connectivity index is 3.28. The Morgan fingerprint density at radius 1 is 1.36 bits per heavy atom. The lowest BCUT2D eigenvalue weighted by atomic mass is 10.2. The Bertz CT molecular complexity index is 86.5. The second-order valence-electron chi connectivity index (χ2n) is 2.40. The first kappa shape index (κ1) is 10.8. The third-order valence-electron chi connectivity index (χ3n) is 1.41. The number of aliphatic hydroxyl groups is 3. The first-order valence-electron chi connectivity index (χ1n) is 3.73. The van der Waals surface area contributed by atoms with Crippen molar-refractivity contribution in [3.05, 3.63) is 0 Å². The van der Waals surface area contributed by atoms with Gasteiger partial charge in [-0.3, -0.25) is 0 Å². The molecule has 0 aromatic rings. The highest BCUT2D eigenvalue weighted by Crippen LogP contribution is 1.98. The molecule has 0 aliphatic heterocycles. The maximum absolute atomic E-state index is 8.99. The molecule has 4 nitrogen and oxygen atoms in total. The second-order valence-corrected chi connectivity index (χ2v) is 2.40. The summed E-state index contributed by atoms with van der Waals surface area (Å²) in [5.74, 6) is 0. The van der Waals surface area contributed by atoms with Gasteiger partial charge in [-0.1, -0.05) is 0 Å². The fraction of sp³-hybridized carbons (Fsp3) is 1.00. The van der Waals surface area contributed by atoms with Gasteiger partial charge in [0, 0.05) is 13.2 Å². The van der Waals surface area contributed by atoms with E-state index in [1.54, 1.807) is 6.92 Å². The number of hydrogen-bond acceptors (Lipinski definition) is 4. The average molecular weight is 164 g/mol. The monoisotopic (exact) mass is 164 g/mol. The van der Waals surface area contributed by atoms with Crippen LogP contribution in [0.3, 0.4) is 0 Å². The second kappa shape index (κ2) is 6.54. The minimum Gasteiger partial charge on any atom is -0.396 e. The predicted octanol–water partition coefficient (Wildman–Crippen LogP) is -0.873. The molecule has 68 valence electrons. The van der Waals surface area contributed by atoms with Crippen LogP contribution in [0.15, 0.2) is 0 Å². The number of ether oxygens (including phenoxy) is 1. The van der Waals surface area contributed by atoms with Crippen molar-refractivity contribution in [3.8, 4) is 0 Å². The van der Waals surface area contributed by atoms with Gasteiger partial charge < -0.3 is 20.1 Å². The van der Waals surface area contributed by atoms with Gasteiger partial charge in [0.25, 0.3) is 0 Å². The molecule has 0 fully saturated rings. The zero-order valence-electron chi connectivity index (χ0n) is 6.73. The van der Waals surface area contributed by atoms with E-state index in [9.17, 15) is 0 Å². The van der Waals surface area contributed by atoms with Crippen LogP contribution < -0.4 is 0 Å². The van der Waals surface area contributed by atoms with E-state index >= 15 is 0 Å². The first-order valence-corrected chi connectivity index (χ1v) is 3.73. The zero-order chi connectivity index (χ0) is 8.69. The van der Waals surface area contributed by atoms with Crippen molar-refractivity contribution in [1.82, 2.24) is 0 Å². The van der Waals surface area contributed by atoms with Crippen LogP contribution in [0.1, 0.15) is 13.3 Å². The minimum absolute atomic E-state index is 0.0853. The summed E-state index contributed by atoms with van der Waals surface area (Å²) >= 11 is 0. The summed E-state index contributed by atoms with van der Waals surface area (Å²) in [5.41, 5.74) is 0. The Hall–Kier alpha value is -0.160. The largest absolute Gasteiger partial charge is 0.396 e. The smallest absolute Gasteiger partial charge is 0.103 e. The molecule has 0 saturated heterocycles. The van der Waals surface area contributed by atoms with Crippen molar-refractivity contribution < 1.29 is 20.1 Å². The van der Waals surface area contributed by atoms with Gasteiger partial charge in [-0.05, 0) is 13.3 Å². The van der Waals surface area contributed by atoms with E-state index in [0.717, 1.165) is 0 Å². The molecule has 2 atom stereocenters. The molecule has 0 amide bonds. The summed E-state index contributed by atoms with van der Waals surface area (Å²) in [6.45, 7) is 1.88. The summed E-state index contributed by atoms with van der Waals surface area (Å²) in [5, 5.41) is 25.9. The number of hydrogen-bond donors (Lipinski definition) is 3. The van der Waals surface area contributed by atoms with Crippen molar-refractivity contribution in [2.75, 3.05) is 19.8 Å². The van der Waals surface area contributed by atoms with Crippen molar-refractivity contribution in [3.63, 3.8) is 0 Å². The van der Waals surface area contributed by atoms with Gasteiger partial charge in [0.1, 0.15) is 6.10 Å². The summed E-state index contributed by atoms with van der Waals surface area (Å²) in [7, 11) is 0. The van der Waals surface area contributed by atoms with Crippen LogP contribution >= 0.6 is 0 Å². The highest BCUT2D eigenvalue weighted by molar-refractivity contribution is 4.61. The number of rotatable bonds is 6.